The number of aromatic nitrogens is 1. The van der Waals surface area contributed by atoms with Crippen molar-refractivity contribution in [1.29, 1.82) is 0 Å². The van der Waals surface area contributed by atoms with E-state index >= 15 is 0 Å². The van der Waals surface area contributed by atoms with Crippen LogP contribution in [0.3, 0.4) is 0 Å². The van der Waals surface area contributed by atoms with Crippen molar-refractivity contribution >= 4 is 11.5 Å². The lowest BCUT2D eigenvalue weighted by Gasteiger charge is -2.07. The fourth-order valence-electron chi connectivity index (χ4n) is 1.65. The van der Waals surface area contributed by atoms with E-state index in [-0.39, 0.29) is 11.1 Å². The highest BCUT2D eigenvalue weighted by atomic mass is 19.3. The molecule has 0 radical (unpaired) electrons. The minimum atomic E-state index is -3.15. The molecule has 2 rings (SSSR count). The van der Waals surface area contributed by atoms with Gasteiger partial charge < -0.3 is 4.74 Å². The van der Waals surface area contributed by atoms with Gasteiger partial charge in [0.05, 0.1) is 11.0 Å². The van der Waals surface area contributed by atoms with E-state index in [1.165, 1.54) is 24.5 Å². The average Bonchev–Trinajstić information content (AvgIpc) is 2.46. The molecule has 0 N–H and O–H groups in total. The average molecular weight is 294 g/mol. The first-order valence-corrected chi connectivity index (χ1v) is 5.66. The standard InChI is InChI=1S/C13H8F2N2O4/c14-13(15)21-11-5-9(4-10(6-11)17(19)20)12(18)8-2-1-3-16-7-8/h1-7,13H. The number of halogens is 2. The predicted octanol–water partition coefficient (Wildman–Crippen LogP) is 2.82. The number of carbonyl (C=O) groups excluding carboxylic acids is 1. The largest absolute Gasteiger partial charge is 0.435 e. The minimum absolute atomic E-state index is 0.132. The number of pyridine rings is 1. The molecule has 0 saturated heterocycles. The number of nitro benzene ring substituents is 1. The summed E-state index contributed by atoms with van der Waals surface area (Å²) in [6, 6.07) is 5.82. The Morgan fingerprint density at radius 2 is 2.05 bits per heavy atom. The number of ether oxygens (including phenoxy) is 1. The molecule has 108 valence electrons. The molecule has 0 saturated carbocycles. The fourth-order valence-corrected chi connectivity index (χ4v) is 1.65. The molecule has 1 aromatic carbocycles. The summed E-state index contributed by atoms with van der Waals surface area (Å²) in [5.41, 5.74) is -0.464. The molecule has 6 nitrogen and oxygen atoms in total. The zero-order chi connectivity index (χ0) is 15.4. The Morgan fingerprint density at radius 1 is 1.29 bits per heavy atom. The van der Waals surface area contributed by atoms with E-state index in [9.17, 15) is 23.7 Å². The van der Waals surface area contributed by atoms with Crippen molar-refractivity contribution in [2.75, 3.05) is 0 Å². The molecule has 0 unspecified atom stereocenters. The van der Waals surface area contributed by atoms with Gasteiger partial charge in [-0.15, -0.1) is 0 Å². The van der Waals surface area contributed by atoms with Crippen LogP contribution in [0.5, 0.6) is 5.75 Å². The van der Waals surface area contributed by atoms with E-state index < -0.39 is 28.8 Å². The van der Waals surface area contributed by atoms with Gasteiger partial charge in [0.25, 0.3) is 5.69 Å². The van der Waals surface area contributed by atoms with Crippen LogP contribution < -0.4 is 4.74 Å². The number of alkyl halides is 2. The molecule has 8 heteroatoms. The Kier molecular flexibility index (Phi) is 4.17. The SMILES string of the molecule is O=C(c1cccnc1)c1cc(OC(F)F)cc([N+](=O)[O-])c1. The topological polar surface area (TPSA) is 82.3 Å². The molecule has 0 bridgehead atoms. The molecule has 1 heterocycles. The highest BCUT2D eigenvalue weighted by Crippen LogP contribution is 2.25. The van der Waals surface area contributed by atoms with E-state index in [0.29, 0.717) is 0 Å². The predicted molar refractivity (Wildman–Crippen MR) is 67.4 cm³/mol. The van der Waals surface area contributed by atoms with Crippen molar-refractivity contribution in [2.45, 2.75) is 6.61 Å². The summed E-state index contributed by atoms with van der Waals surface area (Å²) in [6.07, 6.45) is 2.73. The summed E-state index contributed by atoms with van der Waals surface area (Å²) >= 11 is 0. The van der Waals surface area contributed by atoms with E-state index in [4.69, 9.17) is 0 Å². The summed E-state index contributed by atoms with van der Waals surface area (Å²) in [5.74, 6) is -1.03. The number of hydrogen-bond acceptors (Lipinski definition) is 5. The van der Waals surface area contributed by atoms with Crippen LogP contribution in [-0.4, -0.2) is 22.3 Å². The van der Waals surface area contributed by atoms with E-state index in [1.54, 1.807) is 0 Å². The monoisotopic (exact) mass is 294 g/mol. The number of rotatable bonds is 5. The number of non-ortho nitro benzene ring substituents is 1. The van der Waals surface area contributed by atoms with Gasteiger partial charge in [0, 0.05) is 29.6 Å². The number of ketones is 1. The first-order valence-electron chi connectivity index (χ1n) is 5.66. The van der Waals surface area contributed by atoms with Gasteiger partial charge in [-0.05, 0) is 18.2 Å². The molecule has 0 aliphatic carbocycles. The summed E-state index contributed by atoms with van der Waals surface area (Å²) in [4.78, 5) is 25.9. The lowest BCUT2D eigenvalue weighted by Crippen LogP contribution is -2.06. The number of carbonyl (C=O) groups is 1. The third-order valence-electron chi connectivity index (χ3n) is 2.51. The van der Waals surface area contributed by atoms with Crippen LogP contribution in [0.1, 0.15) is 15.9 Å². The summed E-state index contributed by atoms with van der Waals surface area (Å²) in [5, 5.41) is 10.8. The quantitative estimate of drug-likeness (QED) is 0.481. The third-order valence-corrected chi connectivity index (χ3v) is 2.51. The number of hydrogen-bond donors (Lipinski definition) is 0. The molecule has 0 spiro atoms. The van der Waals surface area contributed by atoms with Crippen molar-refractivity contribution in [1.82, 2.24) is 4.98 Å². The molecular weight excluding hydrogens is 286 g/mol. The van der Waals surface area contributed by atoms with Crippen molar-refractivity contribution in [3.63, 3.8) is 0 Å². The van der Waals surface area contributed by atoms with Gasteiger partial charge in [0.1, 0.15) is 5.75 Å². The summed E-state index contributed by atoms with van der Waals surface area (Å²) < 4.78 is 28.6. The molecule has 21 heavy (non-hydrogen) atoms. The van der Waals surface area contributed by atoms with Gasteiger partial charge in [0.2, 0.25) is 0 Å². The first-order chi connectivity index (χ1) is 9.97. The second kappa shape index (κ2) is 6.04. The fraction of sp³-hybridized carbons (Fsp3) is 0.0769. The van der Waals surface area contributed by atoms with Gasteiger partial charge in [-0.25, -0.2) is 0 Å². The van der Waals surface area contributed by atoms with Gasteiger partial charge in [0.15, 0.2) is 5.78 Å². The Morgan fingerprint density at radius 3 is 2.62 bits per heavy atom. The highest BCUT2D eigenvalue weighted by molar-refractivity contribution is 6.09. The molecule has 2 aromatic rings. The van der Waals surface area contributed by atoms with Crippen LogP contribution in [0.15, 0.2) is 42.7 Å². The van der Waals surface area contributed by atoms with Crippen molar-refractivity contribution < 1.29 is 23.2 Å². The molecule has 0 atom stereocenters. The van der Waals surface area contributed by atoms with Crippen molar-refractivity contribution in [2.24, 2.45) is 0 Å². The maximum Gasteiger partial charge on any atom is 0.387 e. The number of nitro groups is 1. The second-order valence-corrected chi connectivity index (χ2v) is 3.92. The van der Waals surface area contributed by atoms with Crippen LogP contribution in [0, 0.1) is 10.1 Å². The second-order valence-electron chi connectivity index (χ2n) is 3.92. The van der Waals surface area contributed by atoms with Crippen molar-refractivity contribution in [3.8, 4) is 5.75 Å². The zero-order valence-corrected chi connectivity index (χ0v) is 10.4. The Labute approximate surface area is 117 Å². The smallest absolute Gasteiger partial charge is 0.387 e. The van der Waals surface area contributed by atoms with Crippen LogP contribution >= 0.6 is 0 Å². The Bertz CT molecular complexity index is 677. The lowest BCUT2D eigenvalue weighted by atomic mass is 10.0. The number of nitrogens with zero attached hydrogens (tertiary/aromatic N) is 2. The number of benzene rings is 1. The zero-order valence-electron chi connectivity index (χ0n) is 10.4. The lowest BCUT2D eigenvalue weighted by molar-refractivity contribution is -0.385. The molecule has 0 fully saturated rings. The van der Waals surface area contributed by atoms with Crippen LogP contribution in [0.2, 0.25) is 0 Å². The minimum Gasteiger partial charge on any atom is -0.435 e. The maximum absolute atomic E-state index is 12.2. The third kappa shape index (κ3) is 3.56. The Hall–Kier alpha value is -2.90. The van der Waals surface area contributed by atoms with E-state index in [1.807, 2.05) is 0 Å². The highest BCUT2D eigenvalue weighted by Gasteiger charge is 2.18. The van der Waals surface area contributed by atoms with Crippen molar-refractivity contribution in [3.05, 3.63) is 64.0 Å². The molecule has 0 amide bonds. The van der Waals surface area contributed by atoms with Gasteiger partial charge in [-0.1, -0.05) is 0 Å². The molecule has 0 aliphatic heterocycles. The summed E-state index contributed by atoms with van der Waals surface area (Å²) in [7, 11) is 0. The van der Waals surface area contributed by atoms with Gasteiger partial charge in [-0.3, -0.25) is 19.9 Å². The van der Waals surface area contributed by atoms with Gasteiger partial charge in [-0.2, -0.15) is 8.78 Å². The van der Waals surface area contributed by atoms with E-state index in [2.05, 4.69) is 9.72 Å². The van der Waals surface area contributed by atoms with Gasteiger partial charge >= 0.3 is 6.61 Å². The normalized spacial score (nSPS) is 10.4. The van der Waals surface area contributed by atoms with E-state index in [0.717, 1.165) is 18.2 Å². The summed E-state index contributed by atoms with van der Waals surface area (Å²) in [6.45, 7) is -3.15. The van der Waals surface area contributed by atoms with Crippen LogP contribution in [0.25, 0.3) is 0 Å². The molecular formula is C13H8F2N2O4. The van der Waals surface area contributed by atoms with Crippen LogP contribution in [-0.2, 0) is 0 Å². The first kappa shape index (κ1) is 14.5. The Balaban J connectivity index is 2.45. The maximum atomic E-state index is 12.2. The van der Waals surface area contributed by atoms with Crippen LogP contribution in [0.4, 0.5) is 14.5 Å². The molecule has 0 aliphatic rings. The molecule has 1 aromatic heterocycles.